The number of carbonyl (C=O) groups excluding carboxylic acids is 1. The fourth-order valence-corrected chi connectivity index (χ4v) is 0.819. The molecule has 2 aromatic heterocycles. The lowest BCUT2D eigenvalue weighted by Gasteiger charge is -1.88. The molecular weight excluding hydrogens is 160 g/mol. The van der Waals surface area contributed by atoms with Gasteiger partial charge in [-0.2, -0.15) is 4.98 Å². The van der Waals surface area contributed by atoms with Gasteiger partial charge in [-0.05, 0) is 6.07 Å². The third kappa shape index (κ3) is 0.895. The maximum atomic E-state index is 10.3. The number of carboxylic acids is 1. The average Bonchev–Trinajstić information content (AvgIpc) is 2.46. The zero-order chi connectivity index (χ0) is 8.55. The molecule has 0 atom stereocenters. The number of carboxylic acid groups (broad SMARTS) is 1. The van der Waals surface area contributed by atoms with Crippen molar-refractivity contribution in [3.05, 3.63) is 24.3 Å². The fourth-order valence-electron chi connectivity index (χ4n) is 0.819. The Morgan fingerprint density at radius 3 is 3.08 bits per heavy atom. The number of carbonyl (C=O) groups is 1. The quantitative estimate of drug-likeness (QED) is 0.510. The van der Waals surface area contributed by atoms with Crippen LogP contribution in [0.3, 0.4) is 0 Å². The Kier molecular flexibility index (Phi) is 1.26. The zero-order valence-electron chi connectivity index (χ0n) is 5.84. The highest BCUT2D eigenvalue weighted by atomic mass is 16.4. The molecule has 0 saturated carbocycles. The Hall–Kier alpha value is -1.98. The standard InChI is InChI=1S/C6H4N4O2/c11-5(12)4-8-6-7-2-1-3-10(6)9-4/h1-3H,(H,11,12)/p-1. The maximum Gasteiger partial charge on any atom is 0.252 e. The maximum absolute atomic E-state index is 10.3. The van der Waals surface area contributed by atoms with Crippen LogP contribution in [0.1, 0.15) is 10.6 Å². The van der Waals surface area contributed by atoms with Crippen LogP contribution in [0.25, 0.3) is 5.78 Å². The van der Waals surface area contributed by atoms with Crippen LogP contribution in [0.2, 0.25) is 0 Å². The Morgan fingerprint density at radius 1 is 1.58 bits per heavy atom. The number of aromatic carboxylic acids is 1. The minimum atomic E-state index is -1.40. The summed E-state index contributed by atoms with van der Waals surface area (Å²) in [4.78, 5) is 17.7. The second kappa shape index (κ2) is 2.26. The van der Waals surface area contributed by atoms with Crippen molar-refractivity contribution in [2.45, 2.75) is 0 Å². The molecule has 0 N–H and O–H groups in total. The van der Waals surface area contributed by atoms with Gasteiger partial charge < -0.3 is 9.90 Å². The van der Waals surface area contributed by atoms with E-state index in [2.05, 4.69) is 15.1 Å². The van der Waals surface area contributed by atoms with Gasteiger partial charge in [0.25, 0.3) is 5.78 Å². The van der Waals surface area contributed by atoms with E-state index in [1.165, 1.54) is 10.7 Å². The van der Waals surface area contributed by atoms with E-state index in [4.69, 9.17) is 0 Å². The van der Waals surface area contributed by atoms with Crippen molar-refractivity contribution >= 4 is 11.7 Å². The van der Waals surface area contributed by atoms with Crippen LogP contribution in [-0.2, 0) is 0 Å². The van der Waals surface area contributed by atoms with E-state index in [1.807, 2.05) is 0 Å². The van der Waals surface area contributed by atoms with Crippen molar-refractivity contribution in [3.63, 3.8) is 0 Å². The van der Waals surface area contributed by atoms with Crippen LogP contribution < -0.4 is 5.11 Å². The monoisotopic (exact) mass is 163 g/mol. The summed E-state index contributed by atoms with van der Waals surface area (Å²) in [6.45, 7) is 0. The van der Waals surface area contributed by atoms with Crippen LogP contribution in [0.4, 0.5) is 0 Å². The Balaban J connectivity index is 2.70. The molecule has 6 heteroatoms. The van der Waals surface area contributed by atoms with E-state index in [0.717, 1.165) is 0 Å². The van der Waals surface area contributed by atoms with Crippen LogP contribution in [-0.4, -0.2) is 25.6 Å². The summed E-state index contributed by atoms with van der Waals surface area (Å²) in [7, 11) is 0. The molecule has 60 valence electrons. The van der Waals surface area contributed by atoms with Gasteiger partial charge in [-0.15, -0.1) is 5.10 Å². The third-order valence-corrected chi connectivity index (χ3v) is 1.30. The molecule has 2 heterocycles. The van der Waals surface area contributed by atoms with Gasteiger partial charge >= 0.3 is 0 Å². The van der Waals surface area contributed by atoms with Crippen LogP contribution in [0, 0.1) is 0 Å². The number of aromatic nitrogens is 4. The second-order valence-corrected chi connectivity index (χ2v) is 2.09. The first-order valence-corrected chi connectivity index (χ1v) is 3.16. The van der Waals surface area contributed by atoms with E-state index in [1.54, 1.807) is 12.3 Å². The number of hydrogen-bond donors (Lipinski definition) is 0. The number of rotatable bonds is 1. The lowest BCUT2D eigenvalue weighted by atomic mass is 10.6. The van der Waals surface area contributed by atoms with Gasteiger partial charge in [-0.3, -0.25) is 0 Å². The van der Waals surface area contributed by atoms with Gasteiger partial charge in [0.2, 0.25) is 0 Å². The Labute approximate surface area is 66.5 Å². The summed E-state index contributed by atoms with van der Waals surface area (Å²) in [6, 6.07) is 1.63. The SMILES string of the molecule is O=C([O-])c1nc2ncccn2n1. The first-order valence-electron chi connectivity index (χ1n) is 3.16. The smallest absolute Gasteiger partial charge is 0.252 e. The van der Waals surface area contributed by atoms with Crippen molar-refractivity contribution in [1.82, 2.24) is 19.6 Å². The molecular formula is C6H3N4O2-. The second-order valence-electron chi connectivity index (χ2n) is 2.09. The highest BCUT2D eigenvalue weighted by Gasteiger charge is 2.02. The highest BCUT2D eigenvalue weighted by molar-refractivity contribution is 5.81. The fraction of sp³-hybridized carbons (Fsp3) is 0. The number of fused-ring (bicyclic) bond motifs is 1. The predicted octanol–water partition coefficient (Wildman–Crippen LogP) is -1.51. The minimum absolute atomic E-state index is 0.247. The van der Waals surface area contributed by atoms with Gasteiger partial charge in [-0.25, -0.2) is 9.50 Å². The topological polar surface area (TPSA) is 83.2 Å². The molecule has 0 radical (unpaired) electrons. The molecule has 2 aromatic rings. The van der Waals surface area contributed by atoms with E-state index in [9.17, 15) is 9.90 Å². The normalized spacial score (nSPS) is 10.3. The van der Waals surface area contributed by atoms with E-state index in [0.29, 0.717) is 0 Å². The summed E-state index contributed by atoms with van der Waals surface area (Å²) < 4.78 is 1.27. The van der Waals surface area contributed by atoms with E-state index < -0.39 is 5.97 Å². The average molecular weight is 163 g/mol. The molecule has 0 amide bonds. The number of nitrogens with zero attached hydrogens (tertiary/aromatic N) is 4. The molecule has 0 aromatic carbocycles. The molecule has 2 rings (SSSR count). The molecule has 0 spiro atoms. The van der Waals surface area contributed by atoms with Gasteiger partial charge in [-0.1, -0.05) is 0 Å². The highest BCUT2D eigenvalue weighted by Crippen LogP contribution is 1.94. The molecule has 0 aliphatic carbocycles. The molecule has 0 fully saturated rings. The minimum Gasteiger partial charge on any atom is -0.541 e. The van der Waals surface area contributed by atoms with Gasteiger partial charge in [0.1, 0.15) is 5.97 Å². The zero-order valence-corrected chi connectivity index (χ0v) is 5.84. The number of hydrogen-bond acceptors (Lipinski definition) is 5. The van der Waals surface area contributed by atoms with Crippen LogP contribution >= 0.6 is 0 Å². The first kappa shape index (κ1) is 6.71. The molecule has 0 saturated heterocycles. The Morgan fingerprint density at radius 2 is 2.42 bits per heavy atom. The van der Waals surface area contributed by atoms with Crippen LogP contribution in [0.5, 0.6) is 0 Å². The molecule has 0 bridgehead atoms. The Bertz CT molecular complexity index is 403. The van der Waals surface area contributed by atoms with Crippen molar-refractivity contribution < 1.29 is 9.90 Å². The predicted molar refractivity (Wildman–Crippen MR) is 35.1 cm³/mol. The summed E-state index contributed by atoms with van der Waals surface area (Å²) in [5, 5.41) is 13.9. The molecule has 6 nitrogen and oxygen atoms in total. The van der Waals surface area contributed by atoms with E-state index in [-0.39, 0.29) is 11.6 Å². The lowest BCUT2D eigenvalue weighted by Crippen LogP contribution is -2.23. The third-order valence-electron chi connectivity index (χ3n) is 1.30. The van der Waals surface area contributed by atoms with Crippen molar-refractivity contribution in [1.29, 1.82) is 0 Å². The summed E-state index contributed by atoms with van der Waals surface area (Å²) >= 11 is 0. The van der Waals surface area contributed by atoms with Crippen molar-refractivity contribution in [2.75, 3.05) is 0 Å². The van der Waals surface area contributed by atoms with Crippen molar-refractivity contribution in [3.8, 4) is 0 Å². The molecule has 12 heavy (non-hydrogen) atoms. The lowest BCUT2D eigenvalue weighted by molar-refractivity contribution is -0.256. The van der Waals surface area contributed by atoms with E-state index >= 15 is 0 Å². The molecule has 0 unspecified atom stereocenters. The summed E-state index contributed by atoms with van der Waals surface area (Å²) in [6.07, 6.45) is 3.06. The van der Waals surface area contributed by atoms with Gasteiger partial charge in [0.05, 0.1) is 0 Å². The first-order chi connectivity index (χ1) is 5.77. The summed E-state index contributed by atoms with van der Waals surface area (Å²) in [5.74, 6) is -1.51. The largest absolute Gasteiger partial charge is 0.541 e. The summed E-state index contributed by atoms with van der Waals surface area (Å²) in [5.41, 5.74) is 0. The van der Waals surface area contributed by atoms with Crippen LogP contribution in [0.15, 0.2) is 18.5 Å². The molecule has 0 aliphatic heterocycles. The van der Waals surface area contributed by atoms with Gasteiger partial charge in [0, 0.05) is 12.4 Å². The van der Waals surface area contributed by atoms with Crippen molar-refractivity contribution in [2.24, 2.45) is 0 Å². The van der Waals surface area contributed by atoms with Gasteiger partial charge in [0.15, 0.2) is 5.82 Å². The molecule has 0 aliphatic rings.